The number of nitrogens with zero attached hydrogens (tertiary/aromatic N) is 1. The molecule has 5 nitrogen and oxygen atoms in total. The Hall–Kier alpha value is -2.70. The first-order valence-electron chi connectivity index (χ1n) is 11.5. The molecule has 0 radical (unpaired) electrons. The van der Waals surface area contributed by atoms with Crippen LogP contribution in [0.5, 0.6) is 0 Å². The van der Waals surface area contributed by atoms with Crippen molar-refractivity contribution in [3.05, 3.63) is 81.6 Å². The number of ether oxygens (including phenoxy) is 1. The lowest BCUT2D eigenvalue weighted by Crippen LogP contribution is -2.44. The molecule has 6 heteroatoms. The fourth-order valence-electron chi connectivity index (χ4n) is 4.17. The Kier molecular flexibility index (Phi) is 7.55. The quantitative estimate of drug-likeness (QED) is 0.505. The molecule has 0 saturated carbocycles. The number of aromatic nitrogens is 1. The number of aryl methyl sites for hydroxylation is 1. The van der Waals surface area contributed by atoms with E-state index in [1.807, 2.05) is 30.3 Å². The first-order valence-corrected chi connectivity index (χ1v) is 11.9. The van der Waals surface area contributed by atoms with Crippen LogP contribution in [0.3, 0.4) is 0 Å². The average molecular weight is 450 g/mol. The summed E-state index contributed by atoms with van der Waals surface area (Å²) in [4.78, 5) is 17.9. The first kappa shape index (κ1) is 22.5. The van der Waals surface area contributed by atoms with Gasteiger partial charge < -0.3 is 19.9 Å². The van der Waals surface area contributed by atoms with Gasteiger partial charge in [-0.05, 0) is 72.6 Å². The van der Waals surface area contributed by atoms with Crippen molar-refractivity contribution in [1.82, 2.24) is 15.2 Å². The number of nitrogens with one attached hydrogen (secondary N) is 2. The maximum Gasteiger partial charge on any atom is 0.253 e. The number of hydrogen-bond donors (Lipinski definition) is 2. The second kappa shape index (κ2) is 10.7. The van der Waals surface area contributed by atoms with Crippen molar-refractivity contribution in [3.63, 3.8) is 0 Å². The zero-order valence-corrected chi connectivity index (χ0v) is 19.4. The van der Waals surface area contributed by atoms with Crippen molar-refractivity contribution in [1.29, 1.82) is 0 Å². The van der Waals surface area contributed by atoms with Crippen LogP contribution in [-0.4, -0.2) is 40.8 Å². The summed E-state index contributed by atoms with van der Waals surface area (Å²) in [5.74, 6) is 0. The molecule has 4 rings (SSSR count). The Labute approximate surface area is 194 Å². The lowest BCUT2D eigenvalue weighted by molar-refractivity contribution is 0.0897. The Morgan fingerprint density at radius 1 is 1.19 bits per heavy atom. The highest BCUT2D eigenvalue weighted by Gasteiger charge is 2.22. The number of thiocarbonyl (C=S) groups is 1. The van der Waals surface area contributed by atoms with Crippen molar-refractivity contribution in [3.8, 4) is 0 Å². The molecule has 1 aromatic heterocycles. The van der Waals surface area contributed by atoms with Crippen LogP contribution >= 0.6 is 12.2 Å². The molecule has 0 bridgehead atoms. The number of benzene rings is 2. The molecule has 32 heavy (non-hydrogen) atoms. The van der Waals surface area contributed by atoms with E-state index in [-0.39, 0.29) is 11.7 Å². The minimum atomic E-state index is -0.0637. The molecular weight excluding hydrogens is 418 g/mol. The third-order valence-corrected chi connectivity index (χ3v) is 6.43. The minimum Gasteiger partial charge on any atom is -0.376 e. The summed E-state index contributed by atoms with van der Waals surface area (Å²) >= 11 is 5.75. The van der Waals surface area contributed by atoms with Gasteiger partial charge in [0.2, 0.25) is 0 Å². The largest absolute Gasteiger partial charge is 0.376 e. The van der Waals surface area contributed by atoms with Gasteiger partial charge in [0.05, 0.1) is 12.6 Å². The van der Waals surface area contributed by atoms with E-state index < -0.39 is 0 Å². The molecule has 3 aromatic rings. The highest BCUT2D eigenvalue weighted by atomic mass is 32.1. The monoisotopic (exact) mass is 449 g/mol. The van der Waals surface area contributed by atoms with Gasteiger partial charge in [-0.1, -0.05) is 43.3 Å². The van der Waals surface area contributed by atoms with Crippen LogP contribution in [0.2, 0.25) is 0 Å². The van der Waals surface area contributed by atoms with Crippen LogP contribution in [-0.2, 0) is 24.1 Å². The predicted octanol–water partition coefficient (Wildman–Crippen LogP) is 4.19. The number of pyridine rings is 1. The van der Waals surface area contributed by atoms with Crippen LogP contribution in [0.4, 0.5) is 0 Å². The Bertz CT molecular complexity index is 1110. The van der Waals surface area contributed by atoms with E-state index >= 15 is 0 Å². The molecule has 1 fully saturated rings. The van der Waals surface area contributed by atoms with Gasteiger partial charge in [0.25, 0.3) is 5.56 Å². The number of hydrogen-bond acceptors (Lipinski definition) is 3. The van der Waals surface area contributed by atoms with E-state index in [0.717, 1.165) is 55.3 Å². The molecule has 168 valence electrons. The van der Waals surface area contributed by atoms with Gasteiger partial charge in [0.1, 0.15) is 0 Å². The molecular formula is C26H31N3O2S. The molecule has 0 spiro atoms. The van der Waals surface area contributed by atoms with Crippen molar-refractivity contribution in [2.24, 2.45) is 0 Å². The van der Waals surface area contributed by atoms with E-state index in [1.54, 1.807) is 0 Å². The Morgan fingerprint density at radius 3 is 2.78 bits per heavy atom. The Balaban J connectivity index is 1.49. The maximum atomic E-state index is 12.8. The Morgan fingerprint density at radius 2 is 2.03 bits per heavy atom. The van der Waals surface area contributed by atoms with E-state index in [0.29, 0.717) is 18.2 Å². The number of aromatic amines is 1. The molecule has 2 N–H and O–H groups in total. The molecule has 1 atom stereocenters. The molecule has 1 aliphatic heterocycles. The van der Waals surface area contributed by atoms with Crippen LogP contribution < -0.4 is 10.9 Å². The smallest absolute Gasteiger partial charge is 0.253 e. The summed E-state index contributed by atoms with van der Waals surface area (Å²) in [6.45, 7) is 4.82. The zero-order chi connectivity index (χ0) is 22.3. The van der Waals surface area contributed by atoms with Crippen molar-refractivity contribution < 1.29 is 4.74 Å². The maximum absolute atomic E-state index is 12.8. The van der Waals surface area contributed by atoms with Gasteiger partial charge in [-0.3, -0.25) is 4.79 Å². The van der Waals surface area contributed by atoms with Crippen LogP contribution in [0.25, 0.3) is 10.9 Å². The van der Waals surface area contributed by atoms with Gasteiger partial charge in [0, 0.05) is 30.8 Å². The van der Waals surface area contributed by atoms with Gasteiger partial charge in [-0.25, -0.2) is 0 Å². The second-order valence-electron chi connectivity index (χ2n) is 8.38. The average Bonchev–Trinajstić information content (AvgIpc) is 3.32. The highest BCUT2D eigenvalue weighted by Crippen LogP contribution is 2.17. The summed E-state index contributed by atoms with van der Waals surface area (Å²) < 4.78 is 5.86. The first-order chi connectivity index (χ1) is 15.6. The molecule has 0 aliphatic carbocycles. The van der Waals surface area contributed by atoms with Gasteiger partial charge in [-0.15, -0.1) is 0 Å². The summed E-state index contributed by atoms with van der Waals surface area (Å²) in [6.07, 6.45) is 4.10. The van der Waals surface area contributed by atoms with E-state index in [4.69, 9.17) is 17.0 Å². The summed E-state index contributed by atoms with van der Waals surface area (Å²) in [5, 5.41) is 5.11. The number of fused-ring (bicyclic) bond motifs is 1. The van der Waals surface area contributed by atoms with Crippen molar-refractivity contribution in [2.75, 3.05) is 19.7 Å². The predicted molar refractivity (Wildman–Crippen MR) is 134 cm³/mol. The fraction of sp³-hybridized carbons (Fsp3) is 0.385. The molecule has 1 saturated heterocycles. The highest BCUT2D eigenvalue weighted by molar-refractivity contribution is 7.80. The standard InChI is InChI=1S/C26H31N3O2S/c1-2-19-10-11-24-21(15-19)16-22(25(30)28-24)17-29(18-23-9-6-14-31-23)26(32)27-13-12-20-7-4-3-5-8-20/h3-5,7-8,10-11,15-16,23H,2,6,9,12-14,17-18H2,1H3,(H,27,32)(H,28,30). The second-order valence-corrected chi connectivity index (χ2v) is 8.77. The van der Waals surface area contributed by atoms with Crippen LogP contribution in [0, 0.1) is 0 Å². The minimum absolute atomic E-state index is 0.0637. The van der Waals surface area contributed by atoms with Gasteiger partial charge in [-0.2, -0.15) is 0 Å². The zero-order valence-electron chi connectivity index (χ0n) is 18.6. The summed E-state index contributed by atoms with van der Waals surface area (Å²) in [7, 11) is 0. The van der Waals surface area contributed by atoms with Gasteiger partial charge in [0.15, 0.2) is 5.11 Å². The van der Waals surface area contributed by atoms with Crippen LogP contribution in [0.15, 0.2) is 59.4 Å². The third kappa shape index (κ3) is 5.75. The topological polar surface area (TPSA) is 57.4 Å². The van der Waals surface area contributed by atoms with E-state index in [9.17, 15) is 4.79 Å². The van der Waals surface area contributed by atoms with Gasteiger partial charge >= 0.3 is 0 Å². The van der Waals surface area contributed by atoms with Crippen molar-refractivity contribution >= 4 is 28.2 Å². The van der Waals surface area contributed by atoms with Crippen LogP contribution in [0.1, 0.15) is 36.5 Å². The lowest BCUT2D eigenvalue weighted by Gasteiger charge is -2.28. The SMILES string of the molecule is CCc1ccc2[nH]c(=O)c(CN(CC3CCCO3)C(=S)NCCc3ccccc3)cc2c1. The molecule has 0 amide bonds. The van der Waals surface area contributed by atoms with E-state index in [1.165, 1.54) is 11.1 Å². The molecule has 1 unspecified atom stereocenters. The number of H-pyrrole nitrogens is 1. The number of rotatable bonds is 8. The normalized spacial score (nSPS) is 15.7. The molecule has 2 heterocycles. The summed E-state index contributed by atoms with van der Waals surface area (Å²) in [6, 6.07) is 18.6. The van der Waals surface area contributed by atoms with E-state index in [2.05, 4.69) is 46.4 Å². The third-order valence-electron chi connectivity index (χ3n) is 6.02. The molecule has 2 aromatic carbocycles. The van der Waals surface area contributed by atoms with Crippen molar-refractivity contribution in [2.45, 2.75) is 45.3 Å². The lowest BCUT2D eigenvalue weighted by atomic mass is 10.1. The summed E-state index contributed by atoms with van der Waals surface area (Å²) in [5.41, 5.74) is 4.04. The molecule has 1 aliphatic rings. The fourth-order valence-corrected chi connectivity index (χ4v) is 4.41.